The highest BCUT2D eigenvalue weighted by atomic mass is 32.1. The van der Waals surface area contributed by atoms with Gasteiger partial charge in [-0.3, -0.25) is 14.5 Å². The van der Waals surface area contributed by atoms with Crippen molar-refractivity contribution in [2.24, 2.45) is 0 Å². The molecule has 1 aromatic carbocycles. The number of thiophene rings is 1. The molecule has 0 bridgehead atoms. The Kier molecular flexibility index (Phi) is 5.89. The molecule has 0 radical (unpaired) electrons. The Labute approximate surface area is 163 Å². The standard InChI is InChI=1S/C20H22N4O2S/c1-14-9-15(2)11-17(10-14)20(26)24-6-4-23(5-7-24)13-18(25)22-19-16(12-21)3-8-27-19/h3,8-11H,4-7,13H2,1-2H3,(H,22,25). The molecule has 2 amide bonds. The molecule has 0 saturated carbocycles. The van der Waals surface area contributed by atoms with Gasteiger partial charge >= 0.3 is 0 Å². The highest BCUT2D eigenvalue weighted by Gasteiger charge is 2.23. The van der Waals surface area contributed by atoms with Crippen molar-refractivity contribution in [1.82, 2.24) is 9.80 Å². The molecule has 1 aliphatic heterocycles. The number of nitrogens with zero attached hydrogens (tertiary/aromatic N) is 3. The normalized spacial score (nSPS) is 14.6. The Morgan fingerprint density at radius 1 is 1.15 bits per heavy atom. The third kappa shape index (κ3) is 4.73. The summed E-state index contributed by atoms with van der Waals surface area (Å²) in [5.74, 6) is -0.0915. The van der Waals surface area contributed by atoms with Gasteiger partial charge in [-0.05, 0) is 37.4 Å². The van der Waals surface area contributed by atoms with E-state index in [0.29, 0.717) is 36.7 Å². The van der Waals surface area contributed by atoms with E-state index < -0.39 is 0 Å². The van der Waals surface area contributed by atoms with Crippen LogP contribution in [-0.2, 0) is 4.79 Å². The number of benzene rings is 1. The maximum Gasteiger partial charge on any atom is 0.253 e. The zero-order chi connectivity index (χ0) is 19.4. The van der Waals surface area contributed by atoms with Gasteiger partial charge in [0, 0.05) is 31.7 Å². The number of hydrogen-bond donors (Lipinski definition) is 1. The molecule has 0 aliphatic carbocycles. The van der Waals surface area contributed by atoms with Gasteiger partial charge in [-0.15, -0.1) is 11.3 Å². The molecule has 1 aromatic heterocycles. The van der Waals surface area contributed by atoms with Crippen molar-refractivity contribution in [3.8, 4) is 6.07 Å². The predicted octanol–water partition coefficient (Wildman–Crippen LogP) is 2.63. The topological polar surface area (TPSA) is 76.4 Å². The minimum Gasteiger partial charge on any atom is -0.336 e. The van der Waals surface area contributed by atoms with Gasteiger partial charge < -0.3 is 10.2 Å². The van der Waals surface area contributed by atoms with Crippen molar-refractivity contribution < 1.29 is 9.59 Å². The van der Waals surface area contributed by atoms with Crippen molar-refractivity contribution in [1.29, 1.82) is 5.26 Å². The van der Waals surface area contributed by atoms with E-state index in [1.54, 1.807) is 11.4 Å². The lowest BCUT2D eigenvalue weighted by Gasteiger charge is -2.34. The summed E-state index contributed by atoms with van der Waals surface area (Å²) in [6, 6.07) is 9.65. The highest BCUT2D eigenvalue weighted by Crippen LogP contribution is 2.22. The average molecular weight is 382 g/mol. The van der Waals surface area contributed by atoms with Crippen LogP contribution in [0.5, 0.6) is 0 Å². The van der Waals surface area contributed by atoms with E-state index in [0.717, 1.165) is 16.7 Å². The van der Waals surface area contributed by atoms with Crippen molar-refractivity contribution in [2.75, 3.05) is 38.0 Å². The van der Waals surface area contributed by atoms with Gasteiger partial charge in [-0.1, -0.05) is 17.2 Å². The summed E-state index contributed by atoms with van der Waals surface area (Å²) in [6.07, 6.45) is 0. The van der Waals surface area contributed by atoms with Gasteiger partial charge in [0.1, 0.15) is 11.1 Å². The fourth-order valence-corrected chi connectivity index (χ4v) is 4.01. The molecule has 2 heterocycles. The largest absolute Gasteiger partial charge is 0.336 e. The van der Waals surface area contributed by atoms with Crippen LogP contribution in [0.2, 0.25) is 0 Å². The van der Waals surface area contributed by atoms with Crippen LogP contribution < -0.4 is 5.32 Å². The second-order valence-corrected chi connectivity index (χ2v) is 7.68. The summed E-state index contributed by atoms with van der Waals surface area (Å²) in [6.45, 7) is 6.74. The Morgan fingerprint density at radius 2 is 1.81 bits per heavy atom. The minimum absolute atomic E-state index is 0.0446. The number of nitriles is 1. The fraction of sp³-hybridized carbons (Fsp3) is 0.350. The third-order valence-corrected chi connectivity index (χ3v) is 5.36. The van der Waals surface area contributed by atoms with Crippen LogP contribution >= 0.6 is 11.3 Å². The van der Waals surface area contributed by atoms with E-state index >= 15 is 0 Å². The number of amides is 2. The van der Waals surface area contributed by atoms with Gasteiger partial charge in [0.15, 0.2) is 0 Å². The van der Waals surface area contributed by atoms with Crippen LogP contribution in [0.3, 0.4) is 0 Å². The molecule has 27 heavy (non-hydrogen) atoms. The maximum absolute atomic E-state index is 12.7. The van der Waals surface area contributed by atoms with E-state index in [9.17, 15) is 9.59 Å². The summed E-state index contributed by atoms with van der Waals surface area (Å²) < 4.78 is 0. The molecule has 0 atom stereocenters. The monoisotopic (exact) mass is 382 g/mol. The van der Waals surface area contributed by atoms with Gasteiger partial charge in [0.05, 0.1) is 12.1 Å². The van der Waals surface area contributed by atoms with E-state index in [4.69, 9.17) is 5.26 Å². The SMILES string of the molecule is Cc1cc(C)cc(C(=O)N2CCN(CC(=O)Nc3sccc3C#N)CC2)c1. The second kappa shape index (κ2) is 8.33. The molecule has 1 N–H and O–H groups in total. The number of carbonyl (C=O) groups excluding carboxylic acids is 2. The first kappa shape index (κ1) is 19.1. The summed E-state index contributed by atoms with van der Waals surface area (Å²) in [5.41, 5.74) is 3.37. The Morgan fingerprint density at radius 3 is 2.44 bits per heavy atom. The van der Waals surface area contributed by atoms with Crippen LogP contribution in [0.1, 0.15) is 27.0 Å². The summed E-state index contributed by atoms with van der Waals surface area (Å²) in [7, 11) is 0. The van der Waals surface area contributed by atoms with E-state index in [2.05, 4.69) is 17.5 Å². The fourth-order valence-electron chi connectivity index (χ4n) is 3.25. The van der Waals surface area contributed by atoms with E-state index in [1.807, 2.05) is 35.8 Å². The predicted molar refractivity (Wildman–Crippen MR) is 106 cm³/mol. The van der Waals surface area contributed by atoms with Gasteiger partial charge in [0.25, 0.3) is 5.91 Å². The maximum atomic E-state index is 12.7. The Balaban J connectivity index is 1.52. The number of rotatable bonds is 4. The van der Waals surface area contributed by atoms with Crippen LogP contribution in [0.4, 0.5) is 5.00 Å². The van der Waals surface area contributed by atoms with Crippen molar-refractivity contribution in [3.05, 3.63) is 51.9 Å². The Hall–Kier alpha value is -2.69. The van der Waals surface area contributed by atoms with Crippen LogP contribution in [0.25, 0.3) is 0 Å². The van der Waals surface area contributed by atoms with E-state index in [-0.39, 0.29) is 18.4 Å². The molecule has 6 nitrogen and oxygen atoms in total. The summed E-state index contributed by atoms with van der Waals surface area (Å²) in [5, 5.41) is 14.2. The number of nitrogens with one attached hydrogen (secondary N) is 1. The van der Waals surface area contributed by atoms with Crippen molar-refractivity contribution >= 4 is 28.2 Å². The quantitative estimate of drug-likeness (QED) is 0.882. The van der Waals surface area contributed by atoms with Crippen molar-refractivity contribution in [3.63, 3.8) is 0 Å². The molecule has 1 fully saturated rings. The highest BCUT2D eigenvalue weighted by molar-refractivity contribution is 7.14. The first-order chi connectivity index (χ1) is 13.0. The van der Waals surface area contributed by atoms with Crippen LogP contribution in [0, 0.1) is 25.2 Å². The lowest BCUT2D eigenvalue weighted by molar-refractivity contribution is -0.117. The van der Waals surface area contributed by atoms with E-state index in [1.165, 1.54) is 11.3 Å². The first-order valence-corrected chi connectivity index (χ1v) is 9.71. The van der Waals surface area contributed by atoms with Gasteiger partial charge in [-0.25, -0.2) is 0 Å². The van der Waals surface area contributed by atoms with Gasteiger partial charge in [-0.2, -0.15) is 5.26 Å². The minimum atomic E-state index is -0.136. The average Bonchev–Trinajstić information content (AvgIpc) is 3.08. The third-order valence-electron chi connectivity index (χ3n) is 4.53. The van der Waals surface area contributed by atoms with Crippen LogP contribution in [0.15, 0.2) is 29.6 Å². The number of anilines is 1. The second-order valence-electron chi connectivity index (χ2n) is 6.77. The molecular formula is C20H22N4O2S. The molecule has 2 aromatic rings. The van der Waals surface area contributed by atoms with Crippen molar-refractivity contribution in [2.45, 2.75) is 13.8 Å². The molecule has 1 aliphatic rings. The summed E-state index contributed by atoms with van der Waals surface area (Å²) >= 11 is 1.34. The number of piperazine rings is 1. The first-order valence-electron chi connectivity index (χ1n) is 8.83. The van der Waals surface area contributed by atoms with Gasteiger partial charge in [0.2, 0.25) is 5.91 Å². The number of carbonyl (C=O) groups is 2. The zero-order valence-electron chi connectivity index (χ0n) is 15.5. The molecular weight excluding hydrogens is 360 g/mol. The zero-order valence-corrected chi connectivity index (χ0v) is 16.3. The molecule has 0 spiro atoms. The number of aryl methyl sites for hydroxylation is 2. The molecule has 140 valence electrons. The molecule has 0 unspecified atom stereocenters. The smallest absolute Gasteiger partial charge is 0.253 e. The molecule has 1 saturated heterocycles. The van der Waals surface area contributed by atoms with Crippen LogP contribution in [-0.4, -0.2) is 54.3 Å². The lowest BCUT2D eigenvalue weighted by Crippen LogP contribution is -2.50. The number of hydrogen-bond acceptors (Lipinski definition) is 5. The molecule has 3 rings (SSSR count). The lowest BCUT2D eigenvalue weighted by atomic mass is 10.1. The Bertz CT molecular complexity index is 871. The summed E-state index contributed by atoms with van der Waals surface area (Å²) in [4.78, 5) is 28.8. The molecule has 7 heteroatoms.